The van der Waals surface area contributed by atoms with Gasteiger partial charge in [0.2, 0.25) is 5.91 Å². The molecular weight excluding hydrogens is 312 g/mol. The molecule has 25 heavy (non-hydrogen) atoms. The third kappa shape index (κ3) is 4.74. The highest BCUT2D eigenvalue weighted by Crippen LogP contribution is 2.34. The molecule has 2 atom stereocenters. The molecule has 1 aromatic rings. The Morgan fingerprint density at radius 3 is 2.72 bits per heavy atom. The van der Waals surface area contributed by atoms with Crippen LogP contribution in [-0.4, -0.2) is 31.0 Å². The van der Waals surface area contributed by atoms with Crippen LogP contribution in [0.5, 0.6) is 0 Å². The highest BCUT2D eigenvalue weighted by Gasteiger charge is 2.36. The van der Waals surface area contributed by atoms with Gasteiger partial charge in [-0.3, -0.25) is 4.79 Å². The zero-order valence-corrected chi connectivity index (χ0v) is 15.4. The lowest BCUT2D eigenvalue weighted by molar-refractivity contribution is -0.117. The summed E-state index contributed by atoms with van der Waals surface area (Å²) < 4.78 is 0. The van der Waals surface area contributed by atoms with Crippen molar-refractivity contribution >= 4 is 17.6 Å². The summed E-state index contributed by atoms with van der Waals surface area (Å²) in [6.45, 7) is 6.69. The Balaban J connectivity index is 1.56. The van der Waals surface area contributed by atoms with Gasteiger partial charge < -0.3 is 15.5 Å². The van der Waals surface area contributed by atoms with Crippen LogP contribution in [0.1, 0.15) is 51.5 Å². The van der Waals surface area contributed by atoms with Gasteiger partial charge in [-0.2, -0.15) is 0 Å². The monoisotopic (exact) mass is 342 g/mol. The molecule has 1 saturated carbocycles. The van der Waals surface area contributed by atoms with Gasteiger partial charge in [0.05, 0.1) is 6.54 Å². The van der Waals surface area contributed by atoms with Gasteiger partial charge in [0, 0.05) is 31.2 Å². The Labute approximate surface area is 150 Å². The molecule has 5 nitrogen and oxygen atoms in total. The van der Waals surface area contributed by atoms with E-state index in [0.717, 1.165) is 42.6 Å². The molecular formula is C20H30N4O. The van der Waals surface area contributed by atoms with Crippen LogP contribution in [0.2, 0.25) is 0 Å². The first-order valence-electron chi connectivity index (χ1n) is 9.65. The van der Waals surface area contributed by atoms with E-state index in [4.69, 9.17) is 4.99 Å². The predicted octanol–water partition coefficient (Wildman–Crippen LogP) is 3.06. The predicted molar refractivity (Wildman–Crippen MR) is 103 cm³/mol. The molecule has 1 amide bonds. The van der Waals surface area contributed by atoms with E-state index in [1.54, 1.807) is 0 Å². The molecule has 1 aliphatic heterocycles. The van der Waals surface area contributed by atoms with E-state index < -0.39 is 0 Å². The summed E-state index contributed by atoms with van der Waals surface area (Å²) in [5, 5.41) is 6.88. The first kappa shape index (κ1) is 17.8. The summed E-state index contributed by atoms with van der Waals surface area (Å²) in [6.07, 6.45) is 5.44. The topological polar surface area (TPSA) is 56.7 Å². The van der Waals surface area contributed by atoms with Gasteiger partial charge in [-0.25, -0.2) is 4.99 Å². The average molecular weight is 342 g/mol. The Hall–Kier alpha value is -2.04. The number of amides is 1. The molecule has 5 heteroatoms. The van der Waals surface area contributed by atoms with E-state index >= 15 is 0 Å². The molecule has 2 N–H and O–H groups in total. The Bertz CT molecular complexity index is 611. The second kappa shape index (κ2) is 8.37. The molecule has 2 aliphatic rings. The lowest BCUT2D eigenvalue weighted by Gasteiger charge is -2.16. The Kier molecular flexibility index (Phi) is 5.95. The number of anilines is 1. The van der Waals surface area contributed by atoms with Gasteiger partial charge in [-0.05, 0) is 49.8 Å². The van der Waals surface area contributed by atoms with Gasteiger partial charge in [0.15, 0.2) is 5.96 Å². The Morgan fingerprint density at radius 1 is 1.28 bits per heavy atom. The summed E-state index contributed by atoms with van der Waals surface area (Å²) in [5.41, 5.74) is 2.16. The first-order valence-corrected chi connectivity index (χ1v) is 9.65. The van der Waals surface area contributed by atoms with Crippen molar-refractivity contribution in [3.05, 3.63) is 29.8 Å². The quantitative estimate of drug-likeness (QED) is 0.591. The summed E-state index contributed by atoms with van der Waals surface area (Å²) in [6, 6.07) is 8.80. The van der Waals surface area contributed by atoms with E-state index in [0.29, 0.717) is 19.0 Å². The van der Waals surface area contributed by atoms with Gasteiger partial charge in [0.25, 0.3) is 0 Å². The largest absolute Gasteiger partial charge is 0.357 e. The van der Waals surface area contributed by atoms with Crippen molar-refractivity contribution in [1.29, 1.82) is 0 Å². The van der Waals surface area contributed by atoms with Gasteiger partial charge >= 0.3 is 0 Å². The minimum absolute atomic E-state index is 0.232. The lowest BCUT2D eigenvalue weighted by Crippen LogP contribution is -2.39. The van der Waals surface area contributed by atoms with Crippen LogP contribution in [0.25, 0.3) is 0 Å². The molecule has 1 heterocycles. The van der Waals surface area contributed by atoms with Crippen molar-refractivity contribution in [3.63, 3.8) is 0 Å². The molecule has 1 aromatic carbocycles. The smallest absolute Gasteiger partial charge is 0.227 e. The fourth-order valence-electron chi connectivity index (χ4n) is 3.48. The van der Waals surface area contributed by atoms with Gasteiger partial charge in [-0.15, -0.1) is 0 Å². The molecule has 2 unspecified atom stereocenters. The second-order valence-electron chi connectivity index (χ2n) is 7.05. The van der Waals surface area contributed by atoms with Crippen LogP contribution in [-0.2, 0) is 11.3 Å². The lowest BCUT2D eigenvalue weighted by atomic mass is 10.2. The highest BCUT2D eigenvalue weighted by atomic mass is 16.2. The summed E-state index contributed by atoms with van der Waals surface area (Å²) in [5.74, 6) is 1.95. The van der Waals surface area contributed by atoms with Crippen LogP contribution in [0.4, 0.5) is 5.69 Å². The van der Waals surface area contributed by atoms with Crippen molar-refractivity contribution in [1.82, 2.24) is 10.6 Å². The third-order valence-corrected chi connectivity index (χ3v) is 4.99. The first-order chi connectivity index (χ1) is 12.2. The number of hydrogen-bond donors (Lipinski definition) is 2. The number of carbonyl (C=O) groups excluding carboxylic acids is 1. The molecule has 0 radical (unpaired) electrons. The maximum atomic E-state index is 11.8. The zero-order chi connectivity index (χ0) is 17.6. The van der Waals surface area contributed by atoms with Gasteiger partial charge in [0.1, 0.15) is 0 Å². The number of hydrogen-bond acceptors (Lipinski definition) is 2. The molecule has 0 aromatic heterocycles. The maximum Gasteiger partial charge on any atom is 0.227 e. The van der Waals surface area contributed by atoms with Crippen LogP contribution < -0.4 is 15.5 Å². The molecule has 1 aliphatic carbocycles. The molecule has 1 saturated heterocycles. The minimum atomic E-state index is 0.232. The number of carbonyl (C=O) groups is 1. The molecule has 3 rings (SSSR count). The third-order valence-electron chi connectivity index (χ3n) is 4.99. The SMILES string of the molecule is CCCC1CC1NC(=NCc1ccc(N2CCCC2=O)cc1)NCC. The molecule has 136 valence electrons. The molecule has 2 fully saturated rings. The van der Waals surface area contributed by atoms with Crippen molar-refractivity contribution < 1.29 is 4.79 Å². The van der Waals surface area contributed by atoms with Crippen molar-refractivity contribution in [2.24, 2.45) is 10.9 Å². The standard InChI is InChI=1S/C20H30N4O/c1-3-6-16-13-18(16)23-20(21-4-2)22-14-15-8-10-17(11-9-15)24-12-5-7-19(24)25/h8-11,16,18H,3-7,12-14H2,1-2H3,(H2,21,22,23). The fourth-order valence-corrected chi connectivity index (χ4v) is 3.48. The molecule has 0 spiro atoms. The summed E-state index contributed by atoms with van der Waals surface area (Å²) in [7, 11) is 0. The van der Waals surface area contributed by atoms with Crippen LogP contribution in [0, 0.1) is 5.92 Å². The van der Waals surface area contributed by atoms with Gasteiger partial charge in [-0.1, -0.05) is 25.5 Å². The number of guanidine groups is 1. The number of benzene rings is 1. The van der Waals surface area contributed by atoms with Crippen molar-refractivity contribution in [3.8, 4) is 0 Å². The zero-order valence-electron chi connectivity index (χ0n) is 15.4. The van der Waals surface area contributed by atoms with E-state index in [2.05, 4.69) is 36.6 Å². The van der Waals surface area contributed by atoms with Crippen LogP contribution >= 0.6 is 0 Å². The fraction of sp³-hybridized carbons (Fsp3) is 0.600. The van der Waals surface area contributed by atoms with E-state index in [1.165, 1.54) is 19.3 Å². The number of rotatable bonds is 7. The number of nitrogens with one attached hydrogen (secondary N) is 2. The summed E-state index contributed by atoms with van der Waals surface area (Å²) >= 11 is 0. The van der Waals surface area contributed by atoms with E-state index in [9.17, 15) is 4.79 Å². The van der Waals surface area contributed by atoms with E-state index in [-0.39, 0.29) is 5.91 Å². The minimum Gasteiger partial charge on any atom is -0.357 e. The van der Waals surface area contributed by atoms with Crippen molar-refractivity contribution in [2.75, 3.05) is 18.0 Å². The number of nitrogens with zero attached hydrogens (tertiary/aromatic N) is 2. The maximum absolute atomic E-state index is 11.8. The van der Waals surface area contributed by atoms with Crippen LogP contribution in [0.15, 0.2) is 29.3 Å². The molecule has 0 bridgehead atoms. The normalized spacial score (nSPS) is 23.0. The van der Waals surface area contributed by atoms with Crippen LogP contribution in [0.3, 0.4) is 0 Å². The van der Waals surface area contributed by atoms with E-state index in [1.807, 2.05) is 17.0 Å². The average Bonchev–Trinajstić information content (AvgIpc) is 3.19. The number of aliphatic imine (C=N–C) groups is 1. The van der Waals surface area contributed by atoms with Crippen molar-refractivity contribution in [2.45, 2.75) is 58.5 Å². The Morgan fingerprint density at radius 2 is 2.08 bits per heavy atom. The second-order valence-corrected chi connectivity index (χ2v) is 7.05. The highest BCUT2D eigenvalue weighted by molar-refractivity contribution is 5.95. The summed E-state index contributed by atoms with van der Waals surface area (Å²) in [4.78, 5) is 18.4.